The van der Waals surface area contributed by atoms with Gasteiger partial charge in [-0.15, -0.1) is 0 Å². The van der Waals surface area contributed by atoms with Crippen LogP contribution in [0.2, 0.25) is 0 Å². The molecular formula is C30H30N4O4. The maximum absolute atomic E-state index is 10.1. The summed E-state index contributed by atoms with van der Waals surface area (Å²) < 4.78 is 22.6. The van der Waals surface area contributed by atoms with Crippen LogP contribution in [0.3, 0.4) is 0 Å². The highest BCUT2D eigenvalue weighted by Crippen LogP contribution is 2.31. The summed E-state index contributed by atoms with van der Waals surface area (Å²) in [5, 5.41) is 10.1. The van der Waals surface area contributed by atoms with Gasteiger partial charge in [0.05, 0.1) is 44.2 Å². The van der Waals surface area contributed by atoms with E-state index in [0.29, 0.717) is 60.9 Å². The van der Waals surface area contributed by atoms with E-state index < -0.39 is 0 Å². The van der Waals surface area contributed by atoms with Crippen LogP contribution in [0.1, 0.15) is 29.2 Å². The molecule has 0 bridgehead atoms. The number of aromatic nitrogens is 2. The SMILES string of the molecule is CCOc1ccc(COc2ccc(Cc3ccc4ncc(N5CCOCC5)nc4c3C#N)cc2OC)cc1. The molecule has 1 saturated heterocycles. The maximum atomic E-state index is 10.1. The number of nitrogens with zero attached hydrogens (tertiary/aromatic N) is 4. The minimum Gasteiger partial charge on any atom is -0.494 e. The number of hydrogen-bond acceptors (Lipinski definition) is 8. The third-order valence-electron chi connectivity index (χ3n) is 6.49. The van der Waals surface area contributed by atoms with Crippen molar-refractivity contribution in [2.75, 3.05) is 44.9 Å². The summed E-state index contributed by atoms with van der Waals surface area (Å²) in [5.41, 5.74) is 4.79. The minimum atomic E-state index is 0.412. The molecule has 38 heavy (non-hydrogen) atoms. The number of ether oxygens (including phenoxy) is 4. The summed E-state index contributed by atoms with van der Waals surface area (Å²) in [4.78, 5) is 11.5. The second-order valence-electron chi connectivity index (χ2n) is 8.93. The standard InChI is InChI=1S/C30H30N4O4/c1-3-37-24-8-4-21(5-9-24)20-38-27-11-6-22(17-28(27)35-2)16-23-7-10-26-30(25(23)18-31)33-29(19-32-26)34-12-14-36-15-13-34/h4-11,17,19H,3,12-16,20H2,1-2H3. The van der Waals surface area contributed by atoms with Crippen molar-refractivity contribution in [1.29, 1.82) is 5.26 Å². The van der Waals surface area contributed by atoms with Crippen molar-refractivity contribution < 1.29 is 18.9 Å². The number of methoxy groups -OCH3 is 1. The number of benzene rings is 3. The summed E-state index contributed by atoms with van der Waals surface area (Å²) >= 11 is 0. The van der Waals surface area contributed by atoms with Gasteiger partial charge in [0.15, 0.2) is 11.5 Å². The lowest BCUT2D eigenvalue weighted by molar-refractivity contribution is 0.122. The normalized spacial score (nSPS) is 13.2. The van der Waals surface area contributed by atoms with Gasteiger partial charge in [-0.1, -0.05) is 24.3 Å². The first kappa shape index (κ1) is 25.3. The van der Waals surface area contributed by atoms with Crippen LogP contribution in [0.15, 0.2) is 60.8 Å². The Kier molecular flexibility index (Phi) is 7.86. The van der Waals surface area contributed by atoms with Gasteiger partial charge in [0.25, 0.3) is 0 Å². The Morgan fingerprint density at radius 2 is 1.76 bits per heavy atom. The topological polar surface area (TPSA) is 89.7 Å². The average molecular weight is 511 g/mol. The van der Waals surface area contributed by atoms with E-state index in [0.717, 1.165) is 41.3 Å². The van der Waals surface area contributed by atoms with Crippen LogP contribution in [0.4, 0.5) is 5.82 Å². The van der Waals surface area contributed by atoms with Crippen molar-refractivity contribution >= 4 is 16.9 Å². The molecule has 1 fully saturated rings. The summed E-state index contributed by atoms with van der Waals surface area (Å²) in [6.45, 7) is 5.85. The molecule has 0 spiro atoms. The van der Waals surface area contributed by atoms with Gasteiger partial charge in [-0.3, -0.25) is 4.98 Å². The fourth-order valence-corrected chi connectivity index (χ4v) is 4.50. The molecule has 0 atom stereocenters. The number of morpholine rings is 1. The Labute approximate surface area is 222 Å². The molecule has 1 aromatic heterocycles. The molecule has 1 aliphatic rings. The van der Waals surface area contributed by atoms with Gasteiger partial charge in [-0.25, -0.2) is 4.98 Å². The maximum Gasteiger partial charge on any atom is 0.161 e. The van der Waals surface area contributed by atoms with Crippen molar-refractivity contribution in [3.05, 3.63) is 83.0 Å². The second kappa shape index (κ2) is 11.8. The Hall–Kier alpha value is -4.35. The first-order valence-electron chi connectivity index (χ1n) is 12.7. The van der Waals surface area contributed by atoms with Crippen LogP contribution in [0.5, 0.6) is 17.2 Å². The van der Waals surface area contributed by atoms with E-state index in [1.165, 1.54) is 0 Å². The first-order chi connectivity index (χ1) is 18.7. The van der Waals surface area contributed by atoms with Gasteiger partial charge < -0.3 is 23.8 Å². The molecule has 3 aromatic carbocycles. The first-order valence-corrected chi connectivity index (χ1v) is 12.7. The van der Waals surface area contributed by atoms with Gasteiger partial charge in [-0.2, -0.15) is 5.26 Å². The molecule has 0 aliphatic carbocycles. The molecule has 0 amide bonds. The van der Waals surface area contributed by atoms with Gasteiger partial charge in [0.2, 0.25) is 0 Å². The predicted molar refractivity (Wildman–Crippen MR) is 145 cm³/mol. The van der Waals surface area contributed by atoms with E-state index in [4.69, 9.17) is 23.9 Å². The Morgan fingerprint density at radius 1 is 0.974 bits per heavy atom. The van der Waals surface area contributed by atoms with Crippen molar-refractivity contribution in [3.63, 3.8) is 0 Å². The third kappa shape index (κ3) is 5.63. The average Bonchev–Trinajstić information content (AvgIpc) is 2.97. The monoisotopic (exact) mass is 510 g/mol. The van der Waals surface area contributed by atoms with Crippen LogP contribution < -0.4 is 19.1 Å². The quantitative estimate of drug-likeness (QED) is 0.314. The molecule has 0 unspecified atom stereocenters. The van der Waals surface area contributed by atoms with Crippen molar-refractivity contribution in [3.8, 4) is 23.3 Å². The lowest BCUT2D eigenvalue weighted by atomic mass is 9.98. The minimum absolute atomic E-state index is 0.412. The van der Waals surface area contributed by atoms with Crippen LogP contribution in [-0.4, -0.2) is 50.0 Å². The summed E-state index contributed by atoms with van der Waals surface area (Å²) in [7, 11) is 1.63. The molecule has 8 heteroatoms. The Morgan fingerprint density at radius 3 is 2.50 bits per heavy atom. The van der Waals surface area contributed by atoms with E-state index >= 15 is 0 Å². The Bertz CT molecular complexity index is 1440. The lowest BCUT2D eigenvalue weighted by Gasteiger charge is -2.27. The molecule has 5 rings (SSSR count). The summed E-state index contributed by atoms with van der Waals surface area (Å²) in [5.74, 6) is 2.91. The fraction of sp³-hybridized carbons (Fsp3) is 0.300. The molecule has 4 aromatic rings. The number of anilines is 1. The van der Waals surface area contributed by atoms with E-state index in [1.807, 2.05) is 61.5 Å². The van der Waals surface area contributed by atoms with Crippen LogP contribution in [0.25, 0.3) is 11.0 Å². The van der Waals surface area contributed by atoms with Crippen molar-refractivity contribution in [1.82, 2.24) is 9.97 Å². The number of hydrogen-bond donors (Lipinski definition) is 0. The van der Waals surface area contributed by atoms with Crippen molar-refractivity contribution in [2.45, 2.75) is 20.0 Å². The largest absolute Gasteiger partial charge is 0.494 e. The zero-order valence-corrected chi connectivity index (χ0v) is 21.6. The third-order valence-corrected chi connectivity index (χ3v) is 6.49. The fourth-order valence-electron chi connectivity index (χ4n) is 4.50. The Balaban J connectivity index is 1.35. The molecule has 0 saturated carbocycles. The lowest BCUT2D eigenvalue weighted by Crippen LogP contribution is -2.36. The molecule has 8 nitrogen and oxygen atoms in total. The highest BCUT2D eigenvalue weighted by Gasteiger charge is 2.17. The van der Waals surface area contributed by atoms with Gasteiger partial charge in [0.1, 0.15) is 29.8 Å². The van der Waals surface area contributed by atoms with E-state index in [2.05, 4.69) is 16.0 Å². The number of rotatable bonds is 9. The highest BCUT2D eigenvalue weighted by atomic mass is 16.5. The van der Waals surface area contributed by atoms with E-state index in [1.54, 1.807) is 13.3 Å². The smallest absolute Gasteiger partial charge is 0.161 e. The molecule has 0 radical (unpaired) electrons. The van der Waals surface area contributed by atoms with Gasteiger partial charge >= 0.3 is 0 Å². The van der Waals surface area contributed by atoms with Crippen LogP contribution >= 0.6 is 0 Å². The molecule has 0 N–H and O–H groups in total. The zero-order chi connectivity index (χ0) is 26.3. The molecule has 2 heterocycles. The second-order valence-corrected chi connectivity index (χ2v) is 8.93. The zero-order valence-electron chi connectivity index (χ0n) is 21.6. The van der Waals surface area contributed by atoms with Crippen molar-refractivity contribution in [2.24, 2.45) is 0 Å². The highest BCUT2D eigenvalue weighted by molar-refractivity contribution is 5.83. The van der Waals surface area contributed by atoms with Crippen LogP contribution in [0, 0.1) is 11.3 Å². The van der Waals surface area contributed by atoms with Gasteiger partial charge in [-0.05, 0) is 60.4 Å². The number of fused-ring (bicyclic) bond motifs is 1. The van der Waals surface area contributed by atoms with E-state index in [-0.39, 0.29) is 0 Å². The van der Waals surface area contributed by atoms with Crippen LogP contribution in [-0.2, 0) is 17.8 Å². The molecule has 194 valence electrons. The van der Waals surface area contributed by atoms with E-state index in [9.17, 15) is 5.26 Å². The molecular weight excluding hydrogens is 480 g/mol. The predicted octanol–water partition coefficient (Wildman–Crippen LogP) is 4.92. The molecule has 1 aliphatic heterocycles. The van der Waals surface area contributed by atoms with Gasteiger partial charge in [0, 0.05) is 13.1 Å². The summed E-state index contributed by atoms with van der Waals surface area (Å²) in [6.07, 6.45) is 2.32. The summed E-state index contributed by atoms with van der Waals surface area (Å²) in [6, 6.07) is 20.0. The number of nitriles is 1.